The Bertz CT molecular complexity index is 637. The van der Waals surface area contributed by atoms with Gasteiger partial charge in [-0.25, -0.2) is 0 Å². The summed E-state index contributed by atoms with van der Waals surface area (Å²) < 4.78 is 16.5. The van der Waals surface area contributed by atoms with E-state index >= 15 is 0 Å². The summed E-state index contributed by atoms with van der Waals surface area (Å²) in [6, 6.07) is 0. The summed E-state index contributed by atoms with van der Waals surface area (Å²) >= 11 is 0. The van der Waals surface area contributed by atoms with Crippen LogP contribution >= 0.6 is 0 Å². The first-order valence-electron chi connectivity index (χ1n) is 19.2. The number of hydrogen-bond acceptors (Lipinski definition) is 3. The van der Waals surface area contributed by atoms with E-state index in [1.54, 1.807) is 0 Å². The van der Waals surface area contributed by atoms with Gasteiger partial charge in [-0.2, -0.15) is 0 Å². The highest BCUT2D eigenvalue weighted by molar-refractivity contribution is 4.88. The van der Waals surface area contributed by atoms with Crippen molar-refractivity contribution >= 4 is 0 Å². The van der Waals surface area contributed by atoms with Crippen LogP contribution in [0.1, 0.15) is 174 Å². The molecule has 0 amide bonds. The van der Waals surface area contributed by atoms with E-state index in [1.165, 1.54) is 64.2 Å². The van der Waals surface area contributed by atoms with Gasteiger partial charge in [0.15, 0.2) is 0 Å². The van der Waals surface area contributed by atoms with Crippen molar-refractivity contribution in [2.45, 2.75) is 192 Å². The minimum atomic E-state index is 0.353. The molecule has 0 saturated heterocycles. The van der Waals surface area contributed by atoms with Crippen molar-refractivity contribution in [2.75, 3.05) is 19.8 Å². The van der Waals surface area contributed by atoms with Crippen molar-refractivity contribution in [1.82, 2.24) is 0 Å². The first-order chi connectivity index (χ1) is 21.1. The predicted octanol–water partition coefficient (Wildman–Crippen LogP) is 13.3. The molecule has 0 spiro atoms. The SMILES string of the molecule is CC(C)CC(C)(C)C/C=C/CCOC(C)C.CC(C)CCC/C=C/CCOC(C)C.CC(C)CCCC1CC1CCOC(C)C. The molecule has 1 aliphatic rings. The maximum Gasteiger partial charge on any atom is 0.0519 e. The maximum atomic E-state index is 5.58. The fraction of sp³-hybridized carbons (Fsp3) is 0.905. The van der Waals surface area contributed by atoms with Gasteiger partial charge < -0.3 is 14.2 Å². The van der Waals surface area contributed by atoms with Crippen LogP contribution in [0.4, 0.5) is 0 Å². The van der Waals surface area contributed by atoms with E-state index in [-0.39, 0.29) is 0 Å². The molecule has 0 aromatic heterocycles. The van der Waals surface area contributed by atoms with Gasteiger partial charge >= 0.3 is 0 Å². The smallest absolute Gasteiger partial charge is 0.0519 e. The van der Waals surface area contributed by atoms with Crippen LogP contribution in [0, 0.1) is 35.0 Å². The van der Waals surface area contributed by atoms with Crippen LogP contribution in [0.2, 0.25) is 0 Å². The average molecular weight is 637 g/mol. The second-order valence-electron chi connectivity index (χ2n) is 16.4. The Morgan fingerprint density at radius 3 is 1.47 bits per heavy atom. The Labute approximate surface area is 285 Å². The van der Waals surface area contributed by atoms with Crippen LogP contribution in [-0.2, 0) is 14.2 Å². The van der Waals surface area contributed by atoms with E-state index in [0.29, 0.717) is 23.7 Å². The lowest BCUT2D eigenvalue weighted by atomic mass is 9.81. The van der Waals surface area contributed by atoms with E-state index in [1.807, 2.05) is 0 Å². The summed E-state index contributed by atoms with van der Waals surface area (Å²) in [4.78, 5) is 0. The van der Waals surface area contributed by atoms with Crippen molar-refractivity contribution in [3.8, 4) is 0 Å². The summed E-state index contributed by atoms with van der Waals surface area (Å²) in [6.07, 6.45) is 25.7. The van der Waals surface area contributed by atoms with Crippen molar-refractivity contribution in [2.24, 2.45) is 35.0 Å². The highest BCUT2D eigenvalue weighted by atomic mass is 16.5. The first kappa shape index (κ1) is 46.5. The Hall–Kier alpha value is -0.640. The van der Waals surface area contributed by atoms with Crippen molar-refractivity contribution < 1.29 is 14.2 Å². The molecule has 0 N–H and O–H groups in total. The number of ether oxygens (including phenoxy) is 3. The monoisotopic (exact) mass is 637 g/mol. The highest BCUT2D eigenvalue weighted by Crippen LogP contribution is 2.44. The first-order valence-corrected chi connectivity index (χ1v) is 19.2. The van der Waals surface area contributed by atoms with Gasteiger partial charge in [-0.1, -0.05) is 105 Å². The molecule has 0 heterocycles. The topological polar surface area (TPSA) is 27.7 Å². The summed E-state index contributed by atoms with van der Waals surface area (Å²) in [5.74, 6) is 4.54. The third-order valence-electron chi connectivity index (χ3n) is 7.95. The third kappa shape index (κ3) is 39.5. The average Bonchev–Trinajstić information content (AvgIpc) is 3.64. The molecular weight excluding hydrogens is 552 g/mol. The zero-order chi connectivity index (χ0) is 34.7. The quantitative estimate of drug-likeness (QED) is 0.0779. The lowest BCUT2D eigenvalue weighted by Crippen LogP contribution is -2.13. The zero-order valence-electron chi connectivity index (χ0n) is 33.3. The van der Waals surface area contributed by atoms with Crippen LogP contribution in [0.5, 0.6) is 0 Å². The molecule has 2 atom stereocenters. The Kier molecular flexibility index (Phi) is 30.5. The lowest BCUT2D eigenvalue weighted by molar-refractivity contribution is 0.0734. The van der Waals surface area contributed by atoms with E-state index in [4.69, 9.17) is 14.2 Å². The normalized spacial score (nSPS) is 16.9. The second-order valence-corrected chi connectivity index (χ2v) is 16.4. The molecule has 3 heteroatoms. The maximum absolute atomic E-state index is 5.58. The molecule has 2 unspecified atom stereocenters. The molecule has 1 fully saturated rings. The largest absolute Gasteiger partial charge is 0.379 e. The molecule has 1 aliphatic carbocycles. The molecule has 0 bridgehead atoms. The molecular formula is C42H84O3. The molecule has 45 heavy (non-hydrogen) atoms. The molecule has 0 aromatic carbocycles. The fourth-order valence-electron chi connectivity index (χ4n) is 5.59. The van der Waals surface area contributed by atoms with Crippen LogP contribution in [0.15, 0.2) is 24.3 Å². The Morgan fingerprint density at radius 1 is 0.533 bits per heavy atom. The predicted molar refractivity (Wildman–Crippen MR) is 202 cm³/mol. The number of unbranched alkanes of at least 4 members (excludes halogenated alkanes) is 1. The van der Waals surface area contributed by atoms with Gasteiger partial charge in [0.1, 0.15) is 0 Å². The minimum absolute atomic E-state index is 0.353. The van der Waals surface area contributed by atoms with E-state index in [2.05, 4.69) is 121 Å². The molecule has 3 nitrogen and oxygen atoms in total. The summed E-state index contributed by atoms with van der Waals surface area (Å²) in [6.45, 7) is 33.7. The fourth-order valence-corrected chi connectivity index (χ4v) is 5.59. The van der Waals surface area contributed by atoms with E-state index in [0.717, 1.165) is 62.3 Å². The van der Waals surface area contributed by atoms with Gasteiger partial charge in [-0.3, -0.25) is 0 Å². The van der Waals surface area contributed by atoms with Gasteiger partial charge in [0.05, 0.1) is 31.5 Å². The minimum Gasteiger partial charge on any atom is -0.379 e. The standard InChI is InChI=1S/C15H30O.C14H28O.C13H26O/c1-13(2)12-15(5,6)10-8-7-9-11-16-14(3)4;1-11(2)6-5-7-13-10-14(13)8-9-15-12(3)4;1-12(2)10-8-6-5-7-9-11-14-13(3)4/h7-8,13-14H,9-12H2,1-6H3;11-14H,5-10H2,1-4H3;5,7,12-13H,6,8-11H2,1-4H3/b8-7+;;7-5+. The van der Waals surface area contributed by atoms with Gasteiger partial charge in [0.2, 0.25) is 0 Å². The van der Waals surface area contributed by atoms with Gasteiger partial charge in [0, 0.05) is 6.61 Å². The molecule has 270 valence electrons. The summed E-state index contributed by atoms with van der Waals surface area (Å²) in [5, 5.41) is 0. The van der Waals surface area contributed by atoms with Crippen LogP contribution in [0.25, 0.3) is 0 Å². The Balaban J connectivity index is 0. The number of allylic oxidation sites excluding steroid dienone is 2. The number of hydrogen-bond donors (Lipinski definition) is 0. The van der Waals surface area contributed by atoms with Gasteiger partial charge in [-0.15, -0.1) is 0 Å². The van der Waals surface area contributed by atoms with E-state index in [9.17, 15) is 0 Å². The van der Waals surface area contributed by atoms with Crippen molar-refractivity contribution in [3.05, 3.63) is 24.3 Å². The second kappa shape index (κ2) is 29.5. The van der Waals surface area contributed by atoms with Crippen LogP contribution < -0.4 is 0 Å². The number of rotatable bonds is 24. The summed E-state index contributed by atoms with van der Waals surface area (Å²) in [5.41, 5.74) is 0.434. The van der Waals surface area contributed by atoms with Crippen LogP contribution in [0.3, 0.4) is 0 Å². The molecule has 0 aliphatic heterocycles. The zero-order valence-corrected chi connectivity index (χ0v) is 33.3. The molecule has 1 saturated carbocycles. The highest BCUT2D eigenvalue weighted by Gasteiger charge is 2.35. The van der Waals surface area contributed by atoms with Crippen LogP contribution in [-0.4, -0.2) is 38.1 Å². The van der Waals surface area contributed by atoms with E-state index < -0.39 is 0 Å². The Morgan fingerprint density at radius 2 is 0.978 bits per heavy atom. The van der Waals surface area contributed by atoms with Gasteiger partial charge in [0.25, 0.3) is 0 Å². The van der Waals surface area contributed by atoms with Gasteiger partial charge in [-0.05, 0) is 128 Å². The molecule has 1 rings (SSSR count). The summed E-state index contributed by atoms with van der Waals surface area (Å²) in [7, 11) is 0. The lowest BCUT2D eigenvalue weighted by Gasteiger charge is -2.25. The third-order valence-corrected chi connectivity index (χ3v) is 7.95. The van der Waals surface area contributed by atoms with Crippen molar-refractivity contribution in [3.63, 3.8) is 0 Å². The molecule has 0 radical (unpaired) electrons. The van der Waals surface area contributed by atoms with Crippen molar-refractivity contribution in [1.29, 1.82) is 0 Å². The molecule has 0 aromatic rings.